The highest BCUT2D eigenvalue weighted by molar-refractivity contribution is 6.00. The Morgan fingerprint density at radius 2 is 2.00 bits per heavy atom. The van der Waals surface area contributed by atoms with E-state index in [1.165, 1.54) is 0 Å². The molecular formula is C18H25NO3. The van der Waals surface area contributed by atoms with Gasteiger partial charge in [-0.25, -0.2) is 0 Å². The van der Waals surface area contributed by atoms with E-state index < -0.39 is 11.9 Å². The summed E-state index contributed by atoms with van der Waals surface area (Å²) >= 11 is 0. The fourth-order valence-electron chi connectivity index (χ4n) is 3.10. The maximum Gasteiger partial charge on any atom is 0.316 e. The minimum absolute atomic E-state index is 0.00526. The van der Waals surface area contributed by atoms with E-state index in [1.807, 2.05) is 18.2 Å². The van der Waals surface area contributed by atoms with Crippen LogP contribution in [0.25, 0.3) is 0 Å². The summed E-state index contributed by atoms with van der Waals surface area (Å²) in [6.45, 7) is 4.28. The molecule has 1 aromatic rings. The lowest BCUT2D eigenvalue weighted by atomic mass is 9.77. The number of esters is 1. The van der Waals surface area contributed by atoms with Gasteiger partial charge in [0.2, 0.25) is 0 Å². The first kappa shape index (κ1) is 16.7. The SMILES string of the molecule is CCOC(=O)C(Cc1ccccn1)C(=O)C1CCC(C)CC1. The fraction of sp³-hybridized carbons (Fsp3) is 0.611. The Morgan fingerprint density at radius 3 is 2.59 bits per heavy atom. The Kier molecular flexibility index (Phi) is 6.10. The van der Waals surface area contributed by atoms with Crippen LogP contribution in [-0.2, 0) is 20.7 Å². The number of aromatic nitrogens is 1. The van der Waals surface area contributed by atoms with Crippen LogP contribution in [0.3, 0.4) is 0 Å². The number of pyridine rings is 1. The molecule has 1 aliphatic carbocycles. The van der Waals surface area contributed by atoms with Crippen molar-refractivity contribution in [2.24, 2.45) is 17.8 Å². The third-order valence-electron chi connectivity index (χ3n) is 4.47. The normalized spacial score (nSPS) is 22.8. The number of Topliss-reactive ketones (excluding diaryl/α,β-unsaturated/α-hetero) is 1. The molecule has 120 valence electrons. The van der Waals surface area contributed by atoms with Gasteiger partial charge in [0.1, 0.15) is 5.92 Å². The lowest BCUT2D eigenvalue weighted by Gasteiger charge is -2.27. The van der Waals surface area contributed by atoms with Gasteiger partial charge in [0, 0.05) is 24.2 Å². The molecule has 1 saturated carbocycles. The van der Waals surface area contributed by atoms with E-state index >= 15 is 0 Å². The first-order valence-electron chi connectivity index (χ1n) is 8.22. The monoisotopic (exact) mass is 303 g/mol. The average molecular weight is 303 g/mol. The molecule has 0 aliphatic heterocycles. The largest absolute Gasteiger partial charge is 0.465 e. The maximum atomic E-state index is 12.8. The Balaban J connectivity index is 2.09. The summed E-state index contributed by atoms with van der Waals surface area (Å²) < 4.78 is 5.12. The Labute approximate surface area is 132 Å². The molecule has 1 aliphatic rings. The molecule has 0 aromatic carbocycles. The quantitative estimate of drug-likeness (QED) is 0.598. The molecule has 1 unspecified atom stereocenters. The van der Waals surface area contributed by atoms with Gasteiger partial charge in [0.25, 0.3) is 0 Å². The number of rotatable bonds is 6. The molecule has 0 bridgehead atoms. The molecule has 4 heteroatoms. The first-order chi connectivity index (χ1) is 10.6. The van der Waals surface area contributed by atoms with Crippen LogP contribution >= 0.6 is 0 Å². The van der Waals surface area contributed by atoms with Crippen LogP contribution in [-0.4, -0.2) is 23.3 Å². The van der Waals surface area contributed by atoms with Crippen LogP contribution < -0.4 is 0 Å². The average Bonchev–Trinajstić information content (AvgIpc) is 2.54. The fourth-order valence-corrected chi connectivity index (χ4v) is 3.10. The van der Waals surface area contributed by atoms with Crippen molar-refractivity contribution >= 4 is 11.8 Å². The molecule has 0 amide bonds. The van der Waals surface area contributed by atoms with Gasteiger partial charge in [-0.2, -0.15) is 0 Å². The van der Waals surface area contributed by atoms with E-state index in [9.17, 15) is 9.59 Å². The van der Waals surface area contributed by atoms with Gasteiger partial charge in [-0.1, -0.05) is 25.8 Å². The summed E-state index contributed by atoms with van der Waals surface area (Å²) in [5.74, 6) is -0.406. The first-order valence-corrected chi connectivity index (χ1v) is 8.22. The summed E-state index contributed by atoms with van der Waals surface area (Å²) in [4.78, 5) is 29.3. The Morgan fingerprint density at radius 1 is 1.27 bits per heavy atom. The minimum Gasteiger partial charge on any atom is -0.465 e. The van der Waals surface area contributed by atoms with Gasteiger partial charge in [-0.3, -0.25) is 14.6 Å². The molecule has 2 rings (SSSR count). The second-order valence-corrected chi connectivity index (χ2v) is 6.19. The van der Waals surface area contributed by atoms with Gasteiger partial charge < -0.3 is 4.74 Å². The predicted molar refractivity (Wildman–Crippen MR) is 84.2 cm³/mol. The number of ether oxygens (including phenoxy) is 1. The standard InChI is InChI=1S/C18H25NO3/c1-3-22-18(21)16(12-15-6-4-5-11-19-15)17(20)14-9-7-13(2)8-10-14/h4-6,11,13-14,16H,3,7-10,12H2,1-2H3. The molecule has 0 N–H and O–H groups in total. The van der Waals surface area contributed by atoms with Crippen molar-refractivity contribution in [2.75, 3.05) is 6.61 Å². The van der Waals surface area contributed by atoms with Crippen LogP contribution in [0.5, 0.6) is 0 Å². The van der Waals surface area contributed by atoms with Gasteiger partial charge in [0.05, 0.1) is 6.61 Å². The van der Waals surface area contributed by atoms with Gasteiger partial charge in [0.15, 0.2) is 5.78 Å². The van der Waals surface area contributed by atoms with Crippen LogP contribution in [0.2, 0.25) is 0 Å². The molecule has 4 nitrogen and oxygen atoms in total. The van der Waals surface area contributed by atoms with Gasteiger partial charge in [-0.05, 0) is 37.8 Å². The maximum absolute atomic E-state index is 12.8. The summed E-state index contributed by atoms with van der Waals surface area (Å²) in [6.07, 6.45) is 5.93. The number of ketones is 1. The van der Waals surface area contributed by atoms with Crippen LogP contribution in [0, 0.1) is 17.8 Å². The summed E-state index contributed by atoms with van der Waals surface area (Å²) in [6, 6.07) is 5.55. The summed E-state index contributed by atoms with van der Waals surface area (Å²) in [5, 5.41) is 0. The molecular weight excluding hydrogens is 278 g/mol. The van der Waals surface area contributed by atoms with E-state index in [0.717, 1.165) is 31.4 Å². The molecule has 1 aromatic heterocycles. The molecule has 0 radical (unpaired) electrons. The third-order valence-corrected chi connectivity index (χ3v) is 4.47. The zero-order valence-electron chi connectivity index (χ0n) is 13.5. The zero-order valence-corrected chi connectivity index (χ0v) is 13.5. The summed E-state index contributed by atoms with van der Waals surface area (Å²) in [7, 11) is 0. The van der Waals surface area contributed by atoms with Crippen LogP contribution in [0.4, 0.5) is 0 Å². The van der Waals surface area contributed by atoms with Crippen molar-refractivity contribution in [1.82, 2.24) is 4.98 Å². The molecule has 1 heterocycles. The predicted octanol–water partition coefficient (Wildman–Crippen LogP) is 3.20. The lowest BCUT2D eigenvalue weighted by molar-refractivity contribution is -0.153. The highest BCUT2D eigenvalue weighted by Gasteiger charge is 2.35. The van der Waals surface area contributed by atoms with Crippen molar-refractivity contribution in [3.05, 3.63) is 30.1 Å². The third kappa shape index (κ3) is 4.39. The Hall–Kier alpha value is -1.71. The molecule has 22 heavy (non-hydrogen) atoms. The number of nitrogens with zero attached hydrogens (tertiary/aromatic N) is 1. The zero-order chi connectivity index (χ0) is 15.9. The van der Waals surface area contributed by atoms with E-state index in [2.05, 4.69) is 11.9 Å². The van der Waals surface area contributed by atoms with E-state index in [4.69, 9.17) is 4.74 Å². The molecule has 1 atom stereocenters. The molecule has 0 saturated heterocycles. The highest BCUT2D eigenvalue weighted by atomic mass is 16.5. The minimum atomic E-state index is -0.715. The smallest absolute Gasteiger partial charge is 0.316 e. The number of carbonyl (C=O) groups is 2. The van der Waals surface area contributed by atoms with Crippen molar-refractivity contribution in [1.29, 1.82) is 0 Å². The lowest BCUT2D eigenvalue weighted by Crippen LogP contribution is -2.34. The van der Waals surface area contributed by atoms with Crippen molar-refractivity contribution in [3.8, 4) is 0 Å². The van der Waals surface area contributed by atoms with Crippen molar-refractivity contribution in [2.45, 2.75) is 46.0 Å². The van der Waals surface area contributed by atoms with Gasteiger partial charge >= 0.3 is 5.97 Å². The second-order valence-electron chi connectivity index (χ2n) is 6.19. The molecule has 0 spiro atoms. The van der Waals surface area contributed by atoms with Crippen LogP contribution in [0.1, 0.15) is 45.2 Å². The summed E-state index contributed by atoms with van der Waals surface area (Å²) in [5.41, 5.74) is 0.762. The number of hydrogen-bond acceptors (Lipinski definition) is 4. The van der Waals surface area contributed by atoms with E-state index in [1.54, 1.807) is 13.1 Å². The Bertz CT molecular complexity index is 492. The van der Waals surface area contributed by atoms with Crippen molar-refractivity contribution in [3.63, 3.8) is 0 Å². The second kappa shape index (κ2) is 8.06. The van der Waals surface area contributed by atoms with E-state index in [0.29, 0.717) is 18.9 Å². The highest BCUT2D eigenvalue weighted by Crippen LogP contribution is 2.31. The number of hydrogen-bond donors (Lipinski definition) is 0. The van der Waals surface area contributed by atoms with Gasteiger partial charge in [-0.15, -0.1) is 0 Å². The van der Waals surface area contributed by atoms with Crippen molar-refractivity contribution < 1.29 is 14.3 Å². The number of carbonyl (C=O) groups excluding carboxylic acids is 2. The topological polar surface area (TPSA) is 56.3 Å². The van der Waals surface area contributed by atoms with E-state index in [-0.39, 0.29) is 11.7 Å². The molecule has 1 fully saturated rings. The van der Waals surface area contributed by atoms with Crippen LogP contribution in [0.15, 0.2) is 24.4 Å².